The van der Waals surface area contributed by atoms with E-state index in [9.17, 15) is 5.11 Å². The van der Waals surface area contributed by atoms with Crippen LogP contribution in [-0.4, -0.2) is 67.3 Å². The van der Waals surface area contributed by atoms with Gasteiger partial charge in [0.05, 0.1) is 0 Å². The standard InChI is InChI=1S/C17H27N3O/c1-18-9-3-2-4-16(18)14-19-10-12-20(13-11-19)15-5-7-17(21)8-6-15/h5-8,16,21H,2-4,9-14H2,1H3/t16-/m1/s1. The van der Waals surface area contributed by atoms with Gasteiger partial charge in [0, 0.05) is 44.5 Å². The molecule has 0 bridgehead atoms. The number of rotatable bonds is 3. The second-order valence-electron chi connectivity index (χ2n) is 6.43. The van der Waals surface area contributed by atoms with Crippen LogP contribution in [0.4, 0.5) is 5.69 Å². The van der Waals surface area contributed by atoms with Crippen LogP contribution in [0.5, 0.6) is 5.75 Å². The van der Waals surface area contributed by atoms with Gasteiger partial charge in [-0.25, -0.2) is 0 Å². The lowest BCUT2D eigenvalue weighted by atomic mass is 10.0. The Labute approximate surface area is 128 Å². The van der Waals surface area contributed by atoms with Crippen molar-refractivity contribution in [2.45, 2.75) is 25.3 Å². The van der Waals surface area contributed by atoms with Gasteiger partial charge in [-0.05, 0) is 50.7 Å². The van der Waals surface area contributed by atoms with E-state index in [1.165, 1.54) is 38.0 Å². The lowest BCUT2D eigenvalue weighted by molar-refractivity contribution is 0.125. The second kappa shape index (κ2) is 6.67. The Bertz CT molecular complexity index is 440. The normalized spacial score (nSPS) is 25.2. The Morgan fingerprint density at radius 2 is 1.71 bits per heavy atom. The van der Waals surface area contributed by atoms with Crippen molar-refractivity contribution in [1.29, 1.82) is 0 Å². The largest absolute Gasteiger partial charge is 0.508 e. The van der Waals surface area contributed by atoms with Crippen LogP contribution in [0.2, 0.25) is 0 Å². The lowest BCUT2D eigenvalue weighted by Gasteiger charge is -2.40. The average molecular weight is 289 g/mol. The molecule has 2 aliphatic rings. The molecule has 1 aromatic rings. The maximum absolute atomic E-state index is 9.37. The Hall–Kier alpha value is -1.26. The van der Waals surface area contributed by atoms with Gasteiger partial charge in [-0.15, -0.1) is 0 Å². The molecule has 2 aliphatic heterocycles. The fourth-order valence-corrected chi connectivity index (χ4v) is 3.52. The number of phenols is 1. The number of hydrogen-bond donors (Lipinski definition) is 1. The SMILES string of the molecule is CN1CCCC[C@@H]1CN1CCN(c2ccc(O)cc2)CC1. The van der Waals surface area contributed by atoms with Crippen LogP contribution in [0.15, 0.2) is 24.3 Å². The zero-order valence-corrected chi connectivity index (χ0v) is 13.0. The molecule has 0 radical (unpaired) electrons. The molecule has 0 unspecified atom stereocenters. The maximum atomic E-state index is 9.37. The van der Waals surface area contributed by atoms with Gasteiger partial charge < -0.3 is 14.9 Å². The summed E-state index contributed by atoms with van der Waals surface area (Å²) in [5, 5.41) is 9.37. The molecule has 2 heterocycles. The molecule has 1 aromatic carbocycles. The summed E-state index contributed by atoms with van der Waals surface area (Å²) in [7, 11) is 2.27. The summed E-state index contributed by atoms with van der Waals surface area (Å²) >= 11 is 0. The van der Waals surface area contributed by atoms with Gasteiger partial charge in [0.15, 0.2) is 0 Å². The third-order valence-corrected chi connectivity index (χ3v) is 4.98. The predicted octanol–water partition coefficient (Wildman–Crippen LogP) is 2.00. The Kier molecular flexibility index (Phi) is 4.66. The molecule has 1 N–H and O–H groups in total. The van der Waals surface area contributed by atoms with Crippen LogP contribution in [0, 0.1) is 0 Å². The molecule has 4 nitrogen and oxygen atoms in total. The van der Waals surface area contributed by atoms with E-state index >= 15 is 0 Å². The minimum absolute atomic E-state index is 0.345. The van der Waals surface area contributed by atoms with Crippen LogP contribution >= 0.6 is 0 Å². The van der Waals surface area contributed by atoms with E-state index in [1.54, 1.807) is 12.1 Å². The van der Waals surface area contributed by atoms with Crippen molar-refractivity contribution in [2.24, 2.45) is 0 Å². The lowest BCUT2D eigenvalue weighted by Crippen LogP contribution is -2.51. The average Bonchev–Trinajstić information content (AvgIpc) is 2.51. The molecule has 0 spiro atoms. The number of benzene rings is 1. The minimum Gasteiger partial charge on any atom is -0.508 e. The zero-order chi connectivity index (χ0) is 14.7. The third-order valence-electron chi connectivity index (χ3n) is 4.98. The van der Waals surface area contributed by atoms with Crippen LogP contribution in [0.25, 0.3) is 0 Å². The first-order valence-corrected chi connectivity index (χ1v) is 8.19. The van der Waals surface area contributed by atoms with Crippen LogP contribution in [0.1, 0.15) is 19.3 Å². The Morgan fingerprint density at radius 3 is 2.38 bits per heavy atom. The number of likely N-dealkylation sites (tertiary alicyclic amines) is 1. The number of phenolic OH excluding ortho intramolecular Hbond substituents is 1. The van der Waals surface area contributed by atoms with Crippen molar-refractivity contribution in [1.82, 2.24) is 9.80 Å². The molecular weight excluding hydrogens is 262 g/mol. The predicted molar refractivity (Wildman–Crippen MR) is 87.0 cm³/mol. The highest BCUT2D eigenvalue weighted by molar-refractivity contribution is 5.49. The number of nitrogens with zero attached hydrogens (tertiary/aromatic N) is 3. The first-order valence-electron chi connectivity index (χ1n) is 8.19. The minimum atomic E-state index is 0.345. The first kappa shape index (κ1) is 14.7. The van der Waals surface area contributed by atoms with Crippen LogP contribution < -0.4 is 4.90 Å². The molecule has 2 fully saturated rings. The Balaban J connectivity index is 1.49. The summed E-state index contributed by atoms with van der Waals surface area (Å²) in [6, 6.07) is 8.33. The molecule has 0 aromatic heterocycles. The molecule has 116 valence electrons. The van der Waals surface area contributed by atoms with Gasteiger partial charge in [0.25, 0.3) is 0 Å². The second-order valence-corrected chi connectivity index (χ2v) is 6.43. The molecule has 0 saturated carbocycles. The van der Waals surface area contributed by atoms with Crippen LogP contribution in [0.3, 0.4) is 0 Å². The van der Waals surface area contributed by atoms with E-state index in [0.29, 0.717) is 5.75 Å². The summed E-state index contributed by atoms with van der Waals surface area (Å²) in [4.78, 5) is 7.57. The summed E-state index contributed by atoms with van der Waals surface area (Å²) in [6.45, 7) is 6.94. The van der Waals surface area contributed by atoms with Crippen molar-refractivity contribution in [3.63, 3.8) is 0 Å². The number of piperazine rings is 1. The fourth-order valence-electron chi connectivity index (χ4n) is 3.52. The molecule has 4 heteroatoms. The van der Waals surface area contributed by atoms with Crippen molar-refractivity contribution in [3.05, 3.63) is 24.3 Å². The smallest absolute Gasteiger partial charge is 0.115 e. The van der Waals surface area contributed by atoms with Gasteiger partial charge in [0.1, 0.15) is 5.75 Å². The van der Waals surface area contributed by atoms with Gasteiger partial charge in [-0.2, -0.15) is 0 Å². The Morgan fingerprint density at radius 1 is 1.00 bits per heavy atom. The first-order chi connectivity index (χ1) is 10.2. The van der Waals surface area contributed by atoms with Crippen molar-refractivity contribution >= 4 is 5.69 Å². The number of piperidine rings is 1. The van der Waals surface area contributed by atoms with E-state index < -0.39 is 0 Å². The number of likely N-dealkylation sites (N-methyl/N-ethyl adjacent to an activating group) is 1. The van der Waals surface area contributed by atoms with Crippen molar-refractivity contribution in [2.75, 3.05) is 51.2 Å². The highest BCUT2D eigenvalue weighted by Crippen LogP contribution is 2.21. The van der Waals surface area contributed by atoms with E-state index in [4.69, 9.17) is 0 Å². The highest BCUT2D eigenvalue weighted by Gasteiger charge is 2.24. The molecule has 2 saturated heterocycles. The summed E-state index contributed by atoms with van der Waals surface area (Å²) < 4.78 is 0. The fraction of sp³-hybridized carbons (Fsp3) is 0.647. The topological polar surface area (TPSA) is 30.0 Å². The van der Waals surface area contributed by atoms with Gasteiger partial charge in [0.2, 0.25) is 0 Å². The molecule has 0 aliphatic carbocycles. The van der Waals surface area contributed by atoms with Crippen molar-refractivity contribution < 1.29 is 5.11 Å². The molecule has 1 atom stereocenters. The quantitative estimate of drug-likeness (QED) is 0.922. The number of hydrogen-bond acceptors (Lipinski definition) is 4. The highest BCUT2D eigenvalue weighted by atomic mass is 16.3. The van der Waals surface area contributed by atoms with Gasteiger partial charge in [-0.1, -0.05) is 6.42 Å². The maximum Gasteiger partial charge on any atom is 0.115 e. The van der Waals surface area contributed by atoms with Crippen molar-refractivity contribution in [3.8, 4) is 5.75 Å². The van der Waals surface area contributed by atoms with Crippen LogP contribution in [-0.2, 0) is 0 Å². The van der Waals surface area contributed by atoms with E-state index in [0.717, 1.165) is 32.2 Å². The summed E-state index contributed by atoms with van der Waals surface area (Å²) in [5.41, 5.74) is 1.22. The van der Waals surface area contributed by atoms with E-state index in [1.807, 2.05) is 12.1 Å². The summed E-state index contributed by atoms with van der Waals surface area (Å²) in [5.74, 6) is 0.345. The molecule has 0 amide bonds. The van der Waals surface area contributed by atoms with E-state index in [-0.39, 0.29) is 0 Å². The monoisotopic (exact) mass is 289 g/mol. The van der Waals surface area contributed by atoms with E-state index in [2.05, 4.69) is 21.7 Å². The summed E-state index contributed by atoms with van der Waals surface area (Å²) in [6.07, 6.45) is 4.11. The third kappa shape index (κ3) is 3.69. The molecule has 21 heavy (non-hydrogen) atoms. The van der Waals surface area contributed by atoms with Gasteiger partial charge in [-0.3, -0.25) is 4.90 Å². The number of anilines is 1. The van der Waals surface area contributed by atoms with Gasteiger partial charge >= 0.3 is 0 Å². The molecule has 3 rings (SSSR count). The number of aromatic hydroxyl groups is 1. The zero-order valence-electron chi connectivity index (χ0n) is 13.0. The molecular formula is C17H27N3O.